The minimum absolute atomic E-state index is 0. The van der Waals surface area contributed by atoms with E-state index in [-0.39, 0.29) is 26.1 Å². The summed E-state index contributed by atoms with van der Waals surface area (Å²) in [6.45, 7) is 0. The van der Waals surface area contributed by atoms with Gasteiger partial charge in [0.25, 0.3) is 0 Å². The molecule has 0 nitrogen and oxygen atoms in total. The molecule has 0 aromatic heterocycles. The summed E-state index contributed by atoms with van der Waals surface area (Å²) in [5.74, 6) is 0. The molecule has 0 atom stereocenters. The Labute approximate surface area is 96.3 Å². The van der Waals surface area contributed by atoms with Gasteiger partial charge < -0.3 is 2.85 Å². The van der Waals surface area contributed by atoms with Crippen LogP contribution in [-0.2, 0) is 23.2 Å². The van der Waals surface area contributed by atoms with Crippen LogP contribution in [0.1, 0.15) is 15.7 Å². The Bertz CT molecular complexity index is 316. The Hall–Kier alpha value is 0.386. The van der Waals surface area contributed by atoms with Crippen LogP contribution in [0.5, 0.6) is 0 Å². The van der Waals surface area contributed by atoms with Gasteiger partial charge in [-0.25, -0.2) is 0 Å². The van der Waals surface area contributed by atoms with Crippen LogP contribution >= 0.6 is 0 Å². The molecule has 62 valence electrons. The zero-order chi connectivity index (χ0) is 8.39. The normalized spacial score (nSPS) is 20.5. The van der Waals surface area contributed by atoms with Gasteiger partial charge in [-0.2, -0.15) is 0 Å². The van der Waals surface area contributed by atoms with Crippen molar-refractivity contribution in [3.63, 3.8) is 0 Å². The zero-order valence-electron chi connectivity index (χ0n) is 9.30. The Kier molecular flexibility index (Phi) is 3.03. The largest absolute Gasteiger partial charge is 1.00 e. The molecule has 2 heteroatoms. The summed E-state index contributed by atoms with van der Waals surface area (Å²) in [6.07, 6.45) is 14.1. The molecular weight excluding hydrogens is 284 g/mol. The third-order valence-corrected chi connectivity index (χ3v) is 10.7. The molecule has 0 amide bonds. The third-order valence-electron chi connectivity index (χ3n) is 2.25. The fourth-order valence-electron chi connectivity index (χ4n) is 1.50. The van der Waals surface area contributed by atoms with E-state index in [1.165, 1.54) is 12.8 Å². The molecule has 0 unspecified atom stereocenters. The number of rotatable bonds is 2. The van der Waals surface area contributed by atoms with Gasteiger partial charge in [-0.05, 0) is 0 Å². The second-order valence-electron chi connectivity index (χ2n) is 3.22. The quantitative estimate of drug-likeness (QED) is 0.680. The van der Waals surface area contributed by atoms with Crippen molar-refractivity contribution in [1.82, 2.24) is 0 Å². The van der Waals surface area contributed by atoms with Gasteiger partial charge in [0.05, 0.1) is 0 Å². The molecule has 12 heavy (non-hydrogen) atoms. The number of hydrogen-bond donors (Lipinski definition) is 0. The molecule has 0 radical (unpaired) electrons. The van der Waals surface area contributed by atoms with Gasteiger partial charge in [0, 0.05) is 0 Å². The standard InChI is InChI=1S/C5H7Ge.C5H5.Zr.2H/c6-5-3-1-2-4-5;1-2-4-5-3-1;;;/h1,3H,2H2,6H3;1-3H,4H2;;;/q;;+2;2*-1. The first-order chi connectivity index (χ1) is 5.86. The number of hydrogen-bond acceptors (Lipinski definition) is 0. The van der Waals surface area contributed by atoms with Crippen molar-refractivity contribution in [3.05, 3.63) is 41.3 Å². The molecule has 2 aliphatic rings. The molecule has 0 aromatic rings. The van der Waals surface area contributed by atoms with E-state index in [1.54, 1.807) is 7.69 Å². The SMILES string of the molecule is [GeH3][C]1=[C]([Zr+2][C]2=CC=CC2)CC=C1.[H-].[H-]. The van der Waals surface area contributed by atoms with Crippen molar-refractivity contribution in [2.45, 2.75) is 12.8 Å². The van der Waals surface area contributed by atoms with Crippen LogP contribution in [0.3, 0.4) is 0 Å². The summed E-state index contributed by atoms with van der Waals surface area (Å²) in [7, 11) is 0. The van der Waals surface area contributed by atoms with Crippen molar-refractivity contribution in [2.75, 3.05) is 0 Å². The first-order valence-electron chi connectivity index (χ1n) is 4.35. The summed E-state index contributed by atoms with van der Waals surface area (Å²) < 4.78 is 5.36. The Balaban J connectivity index is 0.000000845. The van der Waals surface area contributed by atoms with E-state index >= 15 is 0 Å². The third kappa shape index (κ3) is 2.00. The smallest absolute Gasteiger partial charge is 1.00 e. The molecule has 0 fully saturated rings. The molecule has 0 saturated heterocycles. The van der Waals surface area contributed by atoms with E-state index in [1.807, 2.05) is 3.28 Å². The molecular formula is C10H14GeZr. The van der Waals surface area contributed by atoms with E-state index in [0.717, 1.165) is 16.5 Å². The first kappa shape index (κ1) is 8.96. The molecule has 2 aliphatic carbocycles. The molecule has 2 rings (SSSR count). The van der Waals surface area contributed by atoms with Crippen LogP contribution in [0, 0.1) is 0 Å². The minimum Gasteiger partial charge on any atom is -1.00 e. The van der Waals surface area contributed by atoms with E-state index < -0.39 is 0 Å². The Morgan fingerprint density at radius 1 is 1.33 bits per heavy atom. The van der Waals surface area contributed by atoms with E-state index in [9.17, 15) is 0 Å². The summed E-state index contributed by atoms with van der Waals surface area (Å²) >= 11 is 0.604. The molecule has 0 aromatic carbocycles. The van der Waals surface area contributed by atoms with Crippen LogP contribution < -0.4 is 0 Å². The first-order valence-corrected chi connectivity index (χ1v) is 8.91. The summed E-state index contributed by atoms with van der Waals surface area (Å²) in [5, 5.41) is 0. The Morgan fingerprint density at radius 2 is 2.25 bits per heavy atom. The van der Waals surface area contributed by atoms with Crippen molar-refractivity contribution in [2.24, 2.45) is 0 Å². The molecule has 0 aliphatic heterocycles. The monoisotopic (exact) mass is 298 g/mol. The van der Waals surface area contributed by atoms with Crippen molar-refractivity contribution >= 4 is 16.5 Å². The molecule has 0 saturated carbocycles. The van der Waals surface area contributed by atoms with Gasteiger partial charge in [-0.3, -0.25) is 0 Å². The fraction of sp³-hybridized carbons (Fsp3) is 0.200. The molecule has 0 N–H and O–H groups in total. The average Bonchev–Trinajstić information content (AvgIpc) is 2.65. The number of allylic oxidation sites excluding steroid dienone is 8. The van der Waals surface area contributed by atoms with Gasteiger partial charge in [-0.15, -0.1) is 0 Å². The maximum atomic E-state index is 2.36. The van der Waals surface area contributed by atoms with E-state index in [0.29, 0.717) is 0 Å². The molecule has 0 bridgehead atoms. The van der Waals surface area contributed by atoms with Crippen LogP contribution in [0.15, 0.2) is 41.3 Å². The van der Waals surface area contributed by atoms with Gasteiger partial charge in [0.2, 0.25) is 0 Å². The van der Waals surface area contributed by atoms with Crippen molar-refractivity contribution < 1.29 is 26.1 Å². The predicted molar refractivity (Wildman–Crippen MR) is 54.8 cm³/mol. The van der Waals surface area contributed by atoms with Gasteiger partial charge in [-0.1, -0.05) is 0 Å². The molecule has 0 spiro atoms. The topological polar surface area (TPSA) is 0 Å². The summed E-state index contributed by atoms with van der Waals surface area (Å²) in [4.78, 5) is 0. The van der Waals surface area contributed by atoms with E-state index in [2.05, 4.69) is 30.4 Å². The maximum absolute atomic E-state index is 2.36. The van der Waals surface area contributed by atoms with Gasteiger partial charge in [0.15, 0.2) is 0 Å². The van der Waals surface area contributed by atoms with Crippen LogP contribution in [0.4, 0.5) is 0 Å². The Morgan fingerprint density at radius 3 is 2.83 bits per heavy atom. The second kappa shape index (κ2) is 4.06. The van der Waals surface area contributed by atoms with Crippen molar-refractivity contribution in [1.29, 1.82) is 0 Å². The van der Waals surface area contributed by atoms with Gasteiger partial charge >= 0.3 is 93.9 Å². The van der Waals surface area contributed by atoms with Crippen LogP contribution in [0.2, 0.25) is 0 Å². The fourth-order valence-corrected chi connectivity index (χ4v) is 7.14. The maximum Gasteiger partial charge on any atom is -1.00 e. The van der Waals surface area contributed by atoms with Gasteiger partial charge in [0.1, 0.15) is 0 Å². The summed E-state index contributed by atoms with van der Waals surface area (Å²) in [6, 6.07) is 0. The average molecular weight is 298 g/mol. The molecule has 0 heterocycles. The summed E-state index contributed by atoms with van der Waals surface area (Å²) in [5.41, 5.74) is 0. The zero-order valence-corrected chi connectivity index (χ0v) is 14.0. The van der Waals surface area contributed by atoms with Crippen LogP contribution in [-0.4, -0.2) is 16.5 Å². The van der Waals surface area contributed by atoms with Crippen LogP contribution in [0.25, 0.3) is 0 Å². The minimum atomic E-state index is -0.302. The second-order valence-corrected chi connectivity index (χ2v) is 9.15. The predicted octanol–water partition coefficient (Wildman–Crippen LogP) is 1.67. The van der Waals surface area contributed by atoms with Crippen molar-refractivity contribution in [3.8, 4) is 0 Å². The van der Waals surface area contributed by atoms with E-state index in [4.69, 9.17) is 0 Å².